The summed E-state index contributed by atoms with van der Waals surface area (Å²) in [7, 11) is 0. The number of carbonyl (C=O) groups is 1. The maximum Gasteiger partial charge on any atom is 0.143 e. The van der Waals surface area contributed by atoms with Crippen LogP contribution in [0.5, 0.6) is 0 Å². The van der Waals surface area contributed by atoms with E-state index in [1.807, 2.05) is 27.7 Å². The second-order valence-corrected chi connectivity index (χ2v) is 6.09. The molecular formula is C17H34O7. The minimum atomic E-state index is -0.211. The fraction of sp³-hybridized carbons (Fsp3) is 0.941. The SMILES string of the molecule is CC(COCC(C)C(=O)C(C)COCC(C)OCCO)OCCO. The largest absolute Gasteiger partial charge is 0.394 e. The summed E-state index contributed by atoms with van der Waals surface area (Å²) in [5.41, 5.74) is 0. The molecule has 4 atom stereocenters. The predicted molar refractivity (Wildman–Crippen MR) is 90.0 cm³/mol. The molecule has 0 fully saturated rings. The number of rotatable bonds is 16. The van der Waals surface area contributed by atoms with Crippen LogP contribution in [0.25, 0.3) is 0 Å². The first-order valence-electron chi connectivity index (χ1n) is 8.56. The highest BCUT2D eigenvalue weighted by Gasteiger charge is 2.21. The minimum Gasteiger partial charge on any atom is -0.394 e. The van der Waals surface area contributed by atoms with Crippen LogP contribution in [0.4, 0.5) is 0 Å². The highest BCUT2D eigenvalue weighted by molar-refractivity contribution is 5.83. The van der Waals surface area contributed by atoms with Crippen molar-refractivity contribution >= 4 is 5.78 Å². The molecule has 144 valence electrons. The topological polar surface area (TPSA) is 94.5 Å². The van der Waals surface area contributed by atoms with Gasteiger partial charge in [-0.1, -0.05) is 13.8 Å². The van der Waals surface area contributed by atoms with Crippen molar-refractivity contribution in [3.8, 4) is 0 Å². The molecule has 0 saturated heterocycles. The first-order valence-corrected chi connectivity index (χ1v) is 8.56. The van der Waals surface area contributed by atoms with Crippen molar-refractivity contribution in [2.75, 3.05) is 52.9 Å². The highest BCUT2D eigenvalue weighted by atomic mass is 16.5. The van der Waals surface area contributed by atoms with Gasteiger partial charge in [0.2, 0.25) is 0 Å². The van der Waals surface area contributed by atoms with Gasteiger partial charge in [-0.25, -0.2) is 0 Å². The molecule has 0 radical (unpaired) electrons. The number of aliphatic hydroxyl groups is 2. The number of carbonyl (C=O) groups excluding carboxylic acids is 1. The van der Waals surface area contributed by atoms with E-state index in [0.717, 1.165) is 0 Å². The van der Waals surface area contributed by atoms with Gasteiger partial charge in [0.1, 0.15) is 5.78 Å². The molecule has 0 heterocycles. The first kappa shape index (κ1) is 23.4. The maximum atomic E-state index is 12.2. The second kappa shape index (κ2) is 14.7. The zero-order valence-electron chi connectivity index (χ0n) is 15.4. The van der Waals surface area contributed by atoms with Gasteiger partial charge < -0.3 is 29.2 Å². The lowest BCUT2D eigenvalue weighted by molar-refractivity contribution is -0.130. The number of Topliss-reactive ketones (excluding diaryl/α,β-unsaturated/α-hetero) is 1. The third-order valence-corrected chi connectivity index (χ3v) is 3.40. The van der Waals surface area contributed by atoms with E-state index in [2.05, 4.69) is 0 Å². The molecule has 0 saturated carbocycles. The molecular weight excluding hydrogens is 316 g/mol. The maximum absolute atomic E-state index is 12.2. The molecule has 7 nitrogen and oxygen atoms in total. The van der Waals surface area contributed by atoms with E-state index in [4.69, 9.17) is 29.2 Å². The summed E-state index contributed by atoms with van der Waals surface area (Å²) in [5, 5.41) is 17.3. The number of ether oxygens (including phenoxy) is 4. The van der Waals surface area contributed by atoms with Gasteiger partial charge in [-0.15, -0.1) is 0 Å². The Morgan fingerprint density at radius 2 is 1.12 bits per heavy atom. The lowest BCUT2D eigenvalue weighted by Gasteiger charge is -2.19. The van der Waals surface area contributed by atoms with E-state index in [1.165, 1.54) is 0 Å². The molecule has 7 heteroatoms. The van der Waals surface area contributed by atoms with E-state index in [0.29, 0.717) is 26.4 Å². The summed E-state index contributed by atoms with van der Waals surface area (Å²) in [6, 6.07) is 0. The third-order valence-electron chi connectivity index (χ3n) is 3.40. The van der Waals surface area contributed by atoms with E-state index >= 15 is 0 Å². The Hall–Kier alpha value is -0.570. The van der Waals surface area contributed by atoms with Gasteiger partial charge in [-0.3, -0.25) is 4.79 Å². The molecule has 0 aromatic carbocycles. The second-order valence-electron chi connectivity index (χ2n) is 6.09. The third kappa shape index (κ3) is 11.9. The van der Waals surface area contributed by atoms with Crippen molar-refractivity contribution in [1.82, 2.24) is 0 Å². The number of aliphatic hydroxyl groups excluding tert-OH is 2. The molecule has 0 bridgehead atoms. The summed E-state index contributed by atoms with van der Waals surface area (Å²) in [6.07, 6.45) is -0.221. The molecule has 2 N–H and O–H groups in total. The van der Waals surface area contributed by atoms with Crippen LogP contribution >= 0.6 is 0 Å². The summed E-state index contributed by atoms with van der Waals surface area (Å²) >= 11 is 0. The van der Waals surface area contributed by atoms with Crippen molar-refractivity contribution in [3.05, 3.63) is 0 Å². The Kier molecular flexibility index (Phi) is 14.4. The van der Waals surface area contributed by atoms with Gasteiger partial charge >= 0.3 is 0 Å². The fourth-order valence-corrected chi connectivity index (χ4v) is 2.08. The fourth-order valence-electron chi connectivity index (χ4n) is 2.08. The Balaban J connectivity index is 3.85. The average Bonchev–Trinajstić information content (AvgIpc) is 2.57. The van der Waals surface area contributed by atoms with Gasteiger partial charge in [-0.05, 0) is 13.8 Å². The standard InChI is InChI=1S/C17H34O7/c1-13(9-21-11-15(3)23-7-5-18)17(20)14(2)10-22-12-16(4)24-8-6-19/h13-16,18-19H,5-12H2,1-4H3. The Bertz CT molecular complexity index is 283. The Morgan fingerprint density at radius 3 is 1.46 bits per heavy atom. The quantitative estimate of drug-likeness (QED) is 0.422. The van der Waals surface area contributed by atoms with E-state index < -0.39 is 0 Å². The van der Waals surface area contributed by atoms with Crippen LogP contribution in [0, 0.1) is 11.8 Å². The minimum absolute atomic E-state index is 0.0135. The first-order chi connectivity index (χ1) is 11.4. The van der Waals surface area contributed by atoms with Crippen molar-refractivity contribution < 1.29 is 34.0 Å². The van der Waals surface area contributed by atoms with E-state index in [-0.39, 0.29) is 56.3 Å². The zero-order chi connectivity index (χ0) is 18.4. The zero-order valence-corrected chi connectivity index (χ0v) is 15.4. The van der Waals surface area contributed by atoms with Gasteiger partial charge in [-0.2, -0.15) is 0 Å². The predicted octanol–water partition coefficient (Wildman–Crippen LogP) is 0.656. The smallest absolute Gasteiger partial charge is 0.143 e. The molecule has 0 aromatic rings. The average molecular weight is 350 g/mol. The molecule has 0 aromatic heterocycles. The molecule has 0 aliphatic heterocycles. The van der Waals surface area contributed by atoms with E-state index in [1.54, 1.807) is 0 Å². The van der Waals surface area contributed by atoms with Crippen LogP contribution in [0.15, 0.2) is 0 Å². The summed E-state index contributed by atoms with van der Waals surface area (Å²) in [4.78, 5) is 12.2. The van der Waals surface area contributed by atoms with Gasteiger partial charge in [0.25, 0.3) is 0 Å². The highest BCUT2D eigenvalue weighted by Crippen LogP contribution is 2.09. The van der Waals surface area contributed by atoms with Gasteiger partial charge in [0.05, 0.1) is 65.1 Å². The van der Waals surface area contributed by atoms with E-state index in [9.17, 15) is 4.79 Å². The molecule has 0 spiro atoms. The molecule has 0 rings (SSSR count). The number of ketones is 1. The monoisotopic (exact) mass is 350 g/mol. The normalized spacial score (nSPS) is 16.6. The molecule has 0 amide bonds. The summed E-state index contributed by atoms with van der Waals surface area (Å²) in [5.74, 6) is -0.323. The lowest BCUT2D eigenvalue weighted by Crippen LogP contribution is -2.29. The van der Waals surface area contributed by atoms with Gasteiger partial charge in [0.15, 0.2) is 0 Å². The van der Waals surface area contributed by atoms with Crippen molar-refractivity contribution in [3.63, 3.8) is 0 Å². The Morgan fingerprint density at radius 1 is 0.750 bits per heavy atom. The molecule has 0 aliphatic rings. The van der Waals surface area contributed by atoms with Crippen molar-refractivity contribution in [2.45, 2.75) is 39.9 Å². The van der Waals surface area contributed by atoms with Crippen LogP contribution < -0.4 is 0 Å². The molecule has 24 heavy (non-hydrogen) atoms. The van der Waals surface area contributed by atoms with Crippen molar-refractivity contribution in [1.29, 1.82) is 0 Å². The number of hydrogen-bond acceptors (Lipinski definition) is 7. The van der Waals surface area contributed by atoms with Gasteiger partial charge in [0, 0.05) is 11.8 Å². The van der Waals surface area contributed by atoms with Crippen LogP contribution in [0.3, 0.4) is 0 Å². The summed E-state index contributed by atoms with van der Waals surface area (Å²) < 4.78 is 21.6. The molecule has 4 unspecified atom stereocenters. The van der Waals surface area contributed by atoms with Crippen LogP contribution in [0.1, 0.15) is 27.7 Å². The lowest BCUT2D eigenvalue weighted by atomic mass is 9.97. The van der Waals surface area contributed by atoms with Crippen LogP contribution in [0.2, 0.25) is 0 Å². The molecule has 0 aliphatic carbocycles. The summed E-state index contributed by atoms with van der Waals surface area (Å²) in [6.45, 7) is 9.40. The van der Waals surface area contributed by atoms with Crippen LogP contribution in [-0.4, -0.2) is 81.1 Å². The number of hydrogen-bond donors (Lipinski definition) is 2. The van der Waals surface area contributed by atoms with Crippen molar-refractivity contribution in [2.24, 2.45) is 11.8 Å². The van der Waals surface area contributed by atoms with Crippen LogP contribution in [-0.2, 0) is 23.7 Å². The Labute approximate surface area is 145 Å².